The monoisotopic (exact) mass is 167 g/mol. The Morgan fingerprint density at radius 2 is 1.64 bits per heavy atom. The fourth-order valence-corrected chi connectivity index (χ4v) is 0.125. The standard InChI is InChI=1S/CH8N6.NO3/c2-5-1(6-3)7-4;2-1(3)4/h2-4H2,(H2,5,6,7);/q;-1/p+1. The van der Waals surface area contributed by atoms with E-state index in [-0.39, 0.29) is 5.96 Å². The third kappa shape index (κ3) is 17.9. The highest BCUT2D eigenvalue weighted by atomic mass is 16.9. The van der Waals surface area contributed by atoms with Crippen LogP contribution in [0.5, 0.6) is 0 Å². The second-order valence-corrected chi connectivity index (χ2v) is 1.03. The molecule has 0 aromatic heterocycles. The van der Waals surface area contributed by atoms with E-state index >= 15 is 0 Å². The Morgan fingerprint density at radius 1 is 1.36 bits per heavy atom. The molecular weight excluding hydrogens is 158 g/mol. The highest BCUT2D eigenvalue weighted by Gasteiger charge is 1.92. The summed E-state index contributed by atoms with van der Waals surface area (Å²) in [5.74, 6) is 14.7. The normalized spacial score (nSPS) is 6.73. The van der Waals surface area contributed by atoms with E-state index in [0.29, 0.717) is 0 Å². The van der Waals surface area contributed by atoms with Gasteiger partial charge in [-0.05, 0) is 0 Å². The van der Waals surface area contributed by atoms with E-state index in [4.69, 9.17) is 32.8 Å². The molecule has 0 saturated carbocycles. The lowest BCUT2D eigenvalue weighted by Gasteiger charge is -1.89. The first-order valence-corrected chi connectivity index (χ1v) is 2.16. The first kappa shape index (κ1) is 11.9. The van der Waals surface area contributed by atoms with Gasteiger partial charge in [-0.25, -0.2) is 10.9 Å². The van der Waals surface area contributed by atoms with Gasteiger partial charge in [0.05, 0.1) is 5.09 Å². The Balaban J connectivity index is 0. The molecule has 9 N–H and O–H groups in total. The summed E-state index contributed by atoms with van der Waals surface area (Å²) in [4.78, 5) is 8.25. The van der Waals surface area contributed by atoms with E-state index in [1.807, 2.05) is 0 Å². The van der Waals surface area contributed by atoms with Gasteiger partial charge in [-0.15, -0.1) is 0 Å². The van der Waals surface area contributed by atoms with Gasteiger partial charge in [-0.3, -0.25) is 5.84 Å². The second kappa shape index (κ2) is 8.19. The molecule has 11 heavy (non-hydrogen) atoms. The number of hydrogen-bond donors (Lipinski definition) is 6. The van der Waals surface area contributed by atoms with E-state index in [1.54, 1.807) is 0 Å². The molecule has 0 unspecified atom stereocenters. The van der Waals surface area contributed by atoms with Crippen LogP contribution < -0.4 is 33.5 Å². The number of guanidine groups is 1. The van der Waals surface area contributed by atoms with Crippen LogP contribution in [0, 0.1) is 15.3 Å². The largest absolute Gasteiger partial charge is 0.398 e. The van der Waals surface area contributed by atoms with Gasteiger partial charge in [0.2, 0.25) is 0 Å². The molecule has 0 aliphatic rings. The van der Waals surface area contributed by atoms with Crippen molar-refractivity contribution < 1.29 is 10.2 Å². The van der Waals surface area contributed by atoms with E-state index in [1.165, 1.54) is 0 Å². The van der Waals surface area contributed by atoms with Crippen LogP contribution in [0.3, 0.4) is 0 Å². The van der Waals surface area contributed by atoms with Crippen LogP contribution in [0.15, 0.2) is 0 Å². The lowest BCUT2D eigenvalue weighted by atomic mass is 11.1. The van der Waals surface area contributed by atoms with Crippen molar-refractivity contribution in [2.75, 3.05) is 0 Å². The zero-order valence-corrected chi connectivity index (χ0v) is 5.40. The maximum atomic E-state index is 8.25. The zero-order chi connectivity index (χ0) is 9.28. The number of nitrogens with one attached hydrogen (secondary N) is 3. The first-order chi connectivity index (χ1) is 5.08. The Kier molecular flexibility index (Phi) is 8.88. The summed E-state index contributed by atoms with van der Waals surface area (Å²) in [6.45, 7) is 0. The van der Waals surface area contributed by atoms with Gasteiger partial charge in [-0.2, -0.15) is 16.8 Å². The van der Waals surface area contributed by atoms with Gasteiger partial charge in [0.1, 0.15) is 0 Å². The number of hydrazone groups is 1. The van der Waals surface area contributed by atoms with Crippen molar-refractivity contribution in [2.24, 2.45) is 17.5 Å². The van der Waals surface area contributed by atoms with Crippen LogP contribution in [0.2, 0.25) is 0 Å². The Labute approximate surface area is 61.1 Å². The number of hydrazine groups is 3. The Hall–Kier alpha value is -1.81. The molecule has 0 aliphatic heterocycles. The summed E-state index contributed by atoms with van der Waals surface area (Å²) in [6, 6.07) is 0. The van der Waals surface area contributed by atoms with Gasteiger partial charge in [-0.1, -0.05) is 0 Å². The van der Waals surface area contributed by atoms with Crippen LogP contribution in [-0.4, -0.2) is 11.0 Å². The topological polar surface area (TPSA) is 182 Å². The molecule has 0 heterocycles. The molecule has 0 radical (unpaired) electrons. The summed E-state index contributed by atoms with van der Waals surface area (Å²) in [6.07, 6.45) is 0. The van der Waals surface area contributed by atoms with E-state index in [9.17, 15) is 0 Å². The van der Waals surface area contributed by atoms with Gasteiger partial charge in [0.15, 0.2) is 0 Å². The zero-order valence-electron chi connectivity index (χ0n) is 5.40. The van der Waals surface area contributed by atoms with E-state index in [0.717, 1.165) is 0 Å². The number of nitrogens with two attached hydrogens (primary N) is 3. The minimum Gasteiger partial charge on any atom is -0.356 e. The lowest BCUT2D eigenvalue weighted by Crippen LogP contribution is -2.86. The molecule has 66 valence electrons. The predicted molar refractivity (Wildman–Crippen MR) is 35.2 cm³/mol. The number of rotatable bonds is 0. The molecule has 0 aromatic rings. The molecule has 0 rings (SSSR count). The molecule has 0 aliphatic carbocycles. The fourth-order valence-electron chi connectivity index (χ4n) is 0.125. The molecule has 0 amide bonds. The van der Waals surface area contributed by atoms with E-state index < -0.39 is 5.09 Å². The van der Waals surface area contributed by atoms with Crippen molar-refractivity contribution >= 4 is 5.96 Å². The third-order valence-electron chi connectivity index (χ3n) is 0.433. The van der Waals surface area contributed by atoms with Crippen LogP contribution in [-0.2, 0) is 0 Å². The smallest absolute Gasteiger partial charge is 0.356 e. The molecule has 0 bridgehead atoms. The molecule has 0 spiro atoms. The van der Waals surface area contributed by atoms with E-state index in [2.05, 4.69) is 16.0 Å². The summed E-state index contributed by atoms with van der Waals surface area (Å²) >= 11 is 0. The van der Waals surface area contributed by atoms with Crippen molar-refractivity contribution in [3.8, 4) is 0 Å². The molecule has 10 heteroatoms. The second-order valence-electron chi connectivity index (χ2n) is 1.03. The molecule has 0 aromatic carbocycles. The van der Waals surface area contributed by atoms with Crippen LogP contribution in [0.25, 0.3) is 0 Å². The van der Waals surface area contributed by atoms with Crippen molar-refractivity contribution in [1.29, 1.82) is 0 Å². The summed E-state index contributed by atoms with van der Waals surface area (Å²) in [7, 11) is 0. The molecular formula is CH9N7O3. The molecule has 0 saturated heterocycles. The molecule has 0 fully saturated rings. The summed E-state index contributed by atoms with van der Waals surface area (Å²) in [5, 5.41) is 16.9. The number of nitrogens with zero attached hydrogens (tertiary/aromatic N) is 1. The van der Waals surface area contributed by atoms with Crippen molar-refractivity contribution in [3.63, 3.8) is 0 Å². The summed E-state index contributed by atoms with van der Waals surface area (Å²) in [5.41, 5.74) is 4.29. The minimum absolute atomic E-state index is 0.264. The highest BCUT2D eigenvalue weighted by molar-refractivity contribution is 5.72. The predicted octanol–water partition coefficient (Wildman–Crippen LogP) is -5.02. The number of hydrogen-bond acceptors (Lipinski definition) is 6. The van der Waals surface area contributed by atoms with Crippen LogP contribution in [0.4, 0.5) is 0 Å². The van der Waals surface area contributed by atoms with Crippen molar-refractivity contribution in [1.82, 2.24) is 10.9 Å². The van der Waals surface area contributed by atoms with Crippen molar-refractivity contribution in [3.05, 3.63) is 15.3 Å². The van der Waals surface area contributed by atoms with Crippen molar-refractivity contribution in [2.45, 2.75) is 0 Å². The molecule has 10 nitrogen and oxygen atoms in total. The average Bonchev–Trinajstić information content (AvgIpc) is 1.90. The highest BCUT2D eigenvalue weighted by Crippen LogP contribution is 1.44. The van der Waals surface area contributed by atoms with Crippen LogP contribution in [0.1, 0.15) is 0 Å². The summed E-state index contributed by atoms with van der Waals surface area (Å²) < 4.78 is 0. The lowest BCUT2D eigenvalue weighted by molar-refractivity contribution is -0.474. The van der Waals surface area contributed by atoms with Gasteiger partial charge in [0.25, 0.3) is 0 Å². The quantitative estimate of drug-likeness (QED) is 0.0680. The first-order valence-electron chi connectivity index (χ1n) is 2.16. The molecule has 0 atom stereocenters. The Bertz CT molecular complexity index is 122. The third-order valence-corrected chi connectivity index (χ3v) is 0.433. The Morgan fingerprint density at radius 3 is 1.64 bits per heavy atom. The van der Waals surface area contributed by atoms with Gasteiger partial charge >= 0.3 is 5.96 Å². The SMILES string of the molecule is NNC(NN)=[NH+]N.O=[N+]([O-])[O-]. The van der Waals surface area contributed by atoms with Gasteiger partial charge < -0.3 is 15.3 Å². The maximum absolute atomic E-state index is 8.25. The van der Waals surface area contributed by atoms with Gasteiger partial charge in [0, 0.05) is 0 Å². The van der Waals surface area contributed by atoms with Crippen LogP contribution >= 0.6 is 0 Å². The average molecular weight is 167 g/mol. The maximum Gasteiger partial charge on any atom is 0.398 e. The fraction of sp³-hybridized carbons (Fsp3) is 0. The minimum atomic E-state index is -1.75.